The lowest BCUT2D eigenvalue weighted by Crippen LogP contribution is -2.51. The highest BCUT2D eigenvalue weighted by atomic mass is 32.2. The first kappa shape index (κ1) is 17.8. The van der Waals surface area contributed by atoms with Crippen LogP contribution < -0.4 is 5.56 Å². The van der Waals surface area contributed by atoms with Crippen LogP contribution in [-0.4, -0.2) is 65.5 Å². The maximum Gasteiger partial charge on any atom is 0.254 e. The summed E-state index contributed by atoms with van der Waals surface area (Å²) in [6, 6.07) is 5.18. The van der Waals surface area contributed by atoms with Crippen molar-refractivity contribution in [1.29, 1.82) is 0 Å². The second kappa shape index (κ2) is 7.06. The maximum absolute atomic E-state index is 12.4. The minimum atomic E-state index is -3.24. The minimum absolute atomic E-state index is 0.102. The van der Waals surface area contributed by atoms with Gasteiger partial charge in [-0.3, -0.25) is 14.2 Å². The van der Waals surface area contributed by atoms with E-state index in [0.717, 1.165) is 11.1 Å². The Bertz CT molecular complexity index is 913. The first-order chi connectivity index (χ1) is 11.8. The van der Waals surface area contributed by atoms with Crippen LogP contribution in [0.15, 0.2) is 34.7 Å². The van der Waals surface area contributed by atoms with Crippen molar-refractivity contribution in [3.63, 3.8) is 0 Å². The fourth-order valence-corrected chi connectivity index (χ4v) is 4.14. The van der Waals surface area contributed by atoms with Crippen molar-refractivity contribution in [2.45, 2.75) is 6.54 Å². The van der Waals surface area contributed by atoms with E-state index in [1.54, 1.807) is 4.90 Å². The van der Waals surface area contributed by atoms with Crippen LogP contribution in [-0.2, 0) is 21.4 Å². The zero-order valence-corrected chi connectivity index (χ0v) is 15.3. The van der Waals surface area contributed by atoms with Crippen LogP contribution in [0.1, 0.15) is 0 Å². The van der Waals surface area contributed by atoms with Crippen molar-refractivity contribution in [2.24, 2.45) is 0 Å². The fourth-order valence-electron chi connectivity index (χ4n) is 2.62. The molecule has 134 valence electrons. The molecule has 1 fully saturated rings. The highest BCUT2D eigenvalue weighted by molar-refractivity contribution is 7.88. The molecule has 25 heavy (non-hydrogen) atoms. The van der Waals surface area contributed by atoms with Gasteiger partial charge in [-0.05, 0) is 11.4 Å². The molecule has 0 atom stereocenters. The smallest absolute Gasteiger partial charge is 0.254 e. The molecule has 0 spiro atoms. The summed E-state index contributed by atoms with van der Waals surface area (Å²) >= 11 is 1.49. The molecule has 0 aromatic carbocycles. The minimum Gasteiger partial charge on any atom is -0.338 e. The number of hydrogen-bond donors (Lipinski definition) is 0. The van der Waals surface area contributed by atoms with E-state index in [0.29, 0.717) is 18.8 Å². The van der Waals surface area contributed by atoms with Gasteiger partial charge in [-0.2, -0.15) is 4.31 Å². The zero-order valence-electron chi connectivity index (χ0n) is 13.7. The van der Waals surface area contributed by atoms with E-state index in [4.69, 9.17) is 0 Å². The van der Waals surface area contributed by atoms with Crippen molar-refractivity contribution in [1.82, 2.24) is 18.8 Å². The van der Waals surface area contributed by atoms with E-state index in [1.807, 2.05) is 17.5 Å². The summed E-state index contributed by atoms with van der Waals surface area (Å²) in [6.45, 7) is 1.09. The molecule has 0 radical (unpaired) electrons. The van der Waals surface area contributed by atoms with Crippen molar-refractivity contribution in [2.75, 3.05) is 32.4 Å². The Morgan fingerprint density at radius 1 is 1.28 bits per heavy atom. The summed E-state index contributed by atoms with van der Waals surface area (Å²) in [5.74, 6) is -0.221. The molecule has 0 unspecified atom stereocenters. The number of hydrogen-bond acceptors (Lipinski definition) is 6. The summed E-state index contributed by atoms with van der Waals surface area (Å²) in [7, 11) is -3.24. The number of thiophene rings is 1. The van der Waals surface area contributed by atoms with Gasteiger partial charge in [0.05, 0.1) is 23.2 Å². The Labute approximate surface area is 149 Å². The topological polar surface area (TPSA) is 92.6 Å². The van der Waals surface area contributed by atoms with Gasteiger partial charge >= 0.3 is 0 Å². The number of carbonyl (C=O) groups is 1. The first-order valence-electron chi connectivity index (χ1n) is 7.68. The number of amides is 1. The SMILES string of the molecule is CS(=O)(=O)N1CCN(C(=O)Cn2cnc(-c3cccs3)cc2=O)CC1. The van der Waals surface area contributed by atoms with Crippen molar-refractivity contribution in [3.8, 4) is 10.6 Å². The van der Waals surface area contributed by atoms with E-state index in [1.165, 1.54) is 32.6 Å². The number of aromatic nitrogens is 2. The van der Waals surface area contributed by atoms with Crippen molar-refractivity contribution >= 4 is 27.3 Å². The molecule has 10 heteroatoms. The van der Waals surface area contributed by atoms with Crippen LogP contribution in [0.5, 0.6) is 0 Å². The largest absolute Gasteiger partial charge is 0.338 e. The van der Waals surface area contributed by atoms with E-state index in [-0.39, 0.29) is 31.1 Å². The van der Waals surface area contributed by atoms with Gasteiger partial charge in [-0.25, -0.2) is 13.4 Å². The number of rotatable bonds is 4. The van der Waals surface area contributed by atoms with E-state index in [2.05, 4.69) is 4.98 Å². The van der Waals surface area contributed by atoms with E-state index in [9.17, 15) is 18.0 Å². The molecule has 0 N–H and O–H groups in total. The number of piperazine rings is 1. The Morgan fingerprint density at radius 3 is 2.56 bits per heavy atom. The fraction of sp³-hybridized carbons (Fsp3) is 0.400. The summed E-state index contributed by atoms with van der Waals surface area (Å²) in [5, 5.41) is 1.90. The average Bonchev–Trinajstić information content (AvgIpc) is 3.10. The molecule has 1 aliphatic rings. The van der Waals surface area contributed by atoms with Crippen molar-refractivity contribution in [3.05, 3.63) is 40.3 Å². The van der Waals surface area contributed by atoms with Gasteiger partial charge in [0, 0.05) is 32.2 Å². The van der Waals surface area contributed by atoms with Crippen LogP contribution in [0.4, 0.5) is 0 Å². The molecule has 1 aliphatic heterocycles. The molecule has 2 aromatic heterocycles. The lowest BCUT2D eigenvalue weighted by Gasteiger charge is -2.33. The van der Waals surface area contributed by atoms with E-state index < -0.39 is 10.0 Å². The van der Waals surface area contributed by atoms with Gasteiger partial charge in [0.2, 0.25) is 15.9 Å². The van der Waals surface area contributed by atoms with Gasteiger partial charge in [-0.1, -0.05) is 6.07 Å². The Morgan fingerprint density at radius 2 is 2.00 bits per heavy atom. The van der Waals surface area contributed by atoms with Crippen LogP contribution in [0.3, 0.4) is 0 Å². The normalized spacial score (nSPS) is 16.1. The lowest BCUT2D eigenvalue weighted by molar-refractivity contribution is -0.133. The third-order valence-corrected chi connectivity index (χ3v) is 6.21. The molecule has 0 saturated carbocycles. The van der Waals surface area contributed by atoms with Crippen LogP contribution in [0.2, 0.25) is 0 Å². The quantitative estimate of drug-likeness (QED) is 0.746. The summed E-state index contributed by atoms with van der Waals surface area (Å²) in [6.07, 6.45) is 2.53. The Hall–Kier alpha value is -2.04. The molecule has 3 heterocycles. The monoisotopic (exact) mass is 382 g/mol. The highest BCUT2D eigenvalue weighted by Crippen LogP contribution is 2.20. The summed E-state index contributed by atoms with van der Waals surface area (Å²) in [4.78, 5) is 31.3. The number of carbonyl (C=O) groups excluding carboxylic acids is 1. The van der Waals surface area contributed by atoms with E-state index >= 15 is 0 Å². The number of sulfonamides is 1. The summed E-state index contributed by atoms with van der Waals surface area (Å²) < 4.78 is 25.6. The molecule has 1 amide bonds. The molecular weight excluding hydrogens is 364 g/mol. The molecule has 8 nitrogen and oxygen atoms in total. The molecule has 3 rings (SSSR count). The Kier molecular flexibility index (Phi) is 5.02. The Balaban J connectivity index is 1.65. The molecule has 1 saturated heterocycles. The second-order valence-electron chi connectivity index (χ2n) is 5.76. The molecular formula is C15H18N4O4S2. The highest BCUT2D eigenvalue weighted by Gasteiger charge is 2.26. The van der Waals surface area contributed by atoms with Gasteiger partial charge in [-0.15, -0.1) is 11.3 Å². The summed E-state index contributed by atoms with van der Waals surface area (Å²) in [5.41, 5.74) is 0.298. The van der Waals surface area contributed by atoms with Gasteiger partial charge in [0.15, 0.2) is 0 Å². The second-order valence-corrected chi connectivity index (χ2v) is 8.69. The average molecular weight is 382 g/mol. The van der Waals surface area contributed by atoms with Crippen LogP contribution >= 0.6 is 11.3 Å². The lowest BCUT2D eigenvalue weighted by atomic mass is 10.3. The first-order valence-corrected chi connectivity index (χ1v) is 10.4. The maximum atomic E-state index is 12.4. The zero-order chi connectivity index (χ0) is 18.0. The predicted octanol–water partition coefficient (Wildman–Crippen LogP) is 0.0756. The molecule has 0 aliphatic carbocycles. The molecule has 0 bridgehead atoms. The van der Waals surface area contributed by atoms with Crippen molar-refractivity contribution < 1.29 is 13.2 Å². The predicted molar refractivity (Wildman–Crippen MR) is 94.8 cm³/mol. The van der Waals surface area contributed by atoms with Gasteiger partial charge in [0.25, 0.3) is 5.56 Å². The molecule has 2 aromatic rings. The van der Waals surface area contributed by atoms with Crippen LogP contribution in [0, 0.1) is 0 Å². The third-order valence-electron chi connectivity index (χ3n) is 4.02. The van der Waals surface area contributed by atoms with Gasteiger partial charge < -0.3 is 4.90 Å². The van der Waals surface area contributed by atoms with Crippen LogP contribution in [0.25, 0.3) is 10.6 Å². The van der Waals surface area contributed by atoms with Gasteiger partial charge in [0.1, 0.15) is 6.54 Å². The number of nitrogens with zero attached hydrogens (tertiary/aromatic N) is 4. The standard InChI is InChI=1S/C15H18N4O4S2/c1-25(22,23)19-6-4-17(5-7-19)15(21)10-18-11-16-12(9-14(18)20)13-3-2-8-24-13/h2-3,8-9,11H,4-7,10H2,1H3. The third kappa shape index (κ3) is 4.14.